The smallest absolute Gasteiger partial charge is 0.252 e. The molecule has 3 aromatic rings. The minimum atomic E-state index is -0.752. The molecule has 1 amide bonds. The molecule has 2 atom stereocenters. The summed E-state index contributed by atoms with van der Waals surface area (Å²) in [5.41, 5.74) is 14.5. The number of nitrogens with two attached hydrogens (primary N) is 2. The number of carbonyl (C=O) groups excluding carboxylic acids is 1. The summed E-state index contributed by atoms with van der Waals surface area (Å²) < 4.78 is 16.7. The van der Waals surface area contributed by atoms with Gasteiger partial charge < -0.3 is 22.1 Å². The van der Waals surface area contributed by atoms with Crippen LogP contribution in [0.5, 0.6) is 0 Å². The SMILES string of the molecule is C[C@H](N)[C@@H](CC1CC1)Nc1nc(Nc2ccc3c(c2)c(C2CC2)nn3C)c(C(N)=O)cc1F. The molecule has 0 saturated heterocycles. The van der Waals surface area contributed by atoms with Crippen LogP contribution in [0.4, 0.5) is 21.7 Å². The lowest BCUT2D eigenvalue weighted by molar-refractivity contribution is 0.100. The van der Waals surface area contributed by atoms with Gasteiger partial charge in [-0.15, -0.1) is 0 Å². The monoisotopic (exact) mass is 451 g/mol. The van der Waals surface area contributed by atoms with Gasteiger partial charge in [-0.25, -0.2) is 9.37 Å². The quantitative estimate of drug-likeness (QED) is 0.393. The zero-order valence-electron chi connectivity index (χ0n) is 18.9. The van der Waals surface area contributed by atoms with Gasteiger partial charge in [0.15, 0.2) is 11.6 Å². The van der Waals surface area contributed by atoms with Gasteiger partial charge in [0.1, 0.15) is 5.82 Å². The Morgan fingerprint density at radius 2 is 2.00 bits per heavy atom. The standard InChI is InChI=1S/C24H30FN7O/c1-12(26)19(9-13-3-4-13)29-24-18(25)11-17(22(27)33)23(30-24)28-15-7-8-20-16(10-15)21(14-5-6-14)31-32(20)2/h7-8,10-14,19H,3-6,9,26H2,1-2H3,(H2,27,33)(H2,28,29,30)/t12-,19+/m0/s1. The van der Waals surface area contributed by atoms with E-state index in [1.54, 1.807) is 0 Å². The first kappa shape index (κ1) is 21.6. The summed E-state index contributed by atoms with van der Waals surface area (Å²) in [5, 5.41) is 12.1. The van der Waals surface area contributed by atoms with E-state index in [1.807, 2.05) is 36.9 Å². The van der Waals surface area contributed by atoms with E-state index in [0.29, 0.717) is 11.8 Å². The fourth-order valence-electron chi connectivity index (χ4n) is 4.33. The summed E-state index contributed by atoms with van der Waals surface area (Å²) in [5.74, 6) is -0.00526. The van der Waals surface area contributed by atoms with Crippen molar-refractivity contribution in [3.63, 3.8) is 0 Å². The Morgan fingerprint density at radius 1 is 1.24 bits per heavy atom. The first-order valence-corrected chi connectivity index (χ1v) is 11.6. The first-order chi connectivity index (χ1) is 15.8. The largest absolute Gasteiger partial charge is 0.365 e. The van der Waals surface area contributed by atoms with Crippen molar-refractivity contribution in [2.45, 2.75) is 57.0 Å². The van der Waals surface area contributed by atoms with Gasteiger partial charge in [-0.3, -0.25) is 9.48 Å². The van der Waals surface area contributed by atoms with Crippen LogP contribution in [0.2, 0.25) is 0 Å². The number of primary amides is 1. The number of nitrogens with one attached hydrogen (secondary N) is 2. The van der Waals surface area contributed by atoms with E-state index < -0.39 is 11.7 Å². The second kappa shape index (κ2) is 8.30. The fourth-order valence-corrected chi connectivity index (χ4v) is 4.33. The van der Waals surface area contributed by atoms with Gasteiger partial charge in [-0.2, -0.15) is 5.10 Å². The molecular weight excluding hydrogens is 421 g/mol. The molecule has 2 fully saturated rings. The maximum Gasteiger partial charge on any atom is 0.252 e. The summed E-state index contributed by atoms with van der Waals surface area (Å²) >= 11 is 0. The summed E-state index contributed by atoms with van der Waals surface area (Å²) in [6.07, 6.45) is 5.50. The molecule has 2 aliphatic rings. The number of hydrogen-bond acceptors (Lipinski definition) is 6. The van der Waals surface area contributed by atoms with Gasteiger partial charge in [-0.05, 0) is 56.4 Å². The van der Waals surface area contributed by atoms with E-state index in [-0.39, 0.29) is 29.3 Å². The molecule has 2 aromatic heterocycles. The number of fused-ring (bicyclic) bond motifs is 1. The van der Waals surface area contributed by atoms with Crippen molar-refractivity contribution >= 4 is 34.1 Å². The number of benzene rings is 1. The third kappa shape index (κ3) is 4.50. The van der Waals surface area contributed by atoms with Crippen LogP contribution < -0.4 is 22.1 Å². The molecule has 174 valence electrons. The second-order valence-corrected chi connectivity index (χ2v) is 9.51. The number of anilines is 3. The lowest BCUT2D eigenvalue weighted by Gasteiger charge is -2.24. The van der Waals surface area contributed by atoms with E-state index in [4.69, 9.17) is 11.5 Å². The Labute approximate surface area is 191 Å². The number of aryl methyl sites for hydroxylation is 1. The zero-order valence-corrected chi connectivity index (χ0v) is 18.9. The number of halogens is 1. The van der Waals surface area contributed by atoms with Crippen molar-refractivity contribution in [2.24, 2.45) is 24.4 Å². The number of aromatic nitrogens is 3. The van der Waals surface area contributed by atoms with E-state index in [0.717, 1.165) is 47.6 Å². The molecule has 8 nitrogen and oxygen atoms in total. The summed E-state index contributed by atoms with van der Waals surface area (Å²) in [6.45, 7) is 1.90. The maximum absolute atomic E-state index is 14.9. The average molecular weight is 452 g/mol. The molecule has 33 heavy (non-hydrogen) atoms. The van der Waals surface area contributed by atoms with Crippen molar-refractivity contribution < 1.29 is 9.18 Å². The minimum absolute atomic E-state index is 0.00806. The lowest BCUT2D eigenvalue weighted by Crippen LogP contribution is -2.39. The molecule has 5 rings (SSSR count). The normalized spacial score (nSPS) is 17.7. The second-order valence-electron chi connectivity index (χ2n) is 9.51. The summed E-state index contributed by atoms with van der Waals surface area (Å²) in [7, 11) is 1.93. The molecule has 1 aromatic carbocycles. The Kier molecular flexibility index (Phi) is 5.44. The van der Waals surface area contributed by atoms with Gasteiger partial charge in [0.2, 0.25) is 0 Å². The molecule has 9 heteroatoms. The van der Waals surface area contributed by atoms with Crippen molar-refractivity contribution in [1.29, 1.82) is 0 Å². The molecule has 6 N–H and O–H groups in total. The van der Waals surface area contributed by atoms with Gasteiger partial charge >= 0.3 is 0 Å². The Morgan fingerprint density at radius 3 is 2.64 bits per heavy atom. The number of nitrogens with zero attached hydrogens (tertiary/aromatic N) is 3. The number of amides is 1. The molecule has 0 spiro atoms. The number of rotatable bonds is 9. The Hall–Kier alpha value is -3.20. The van der Waals surface area contributed by atoms with E-state index in [1.165, 1.54) is 12.8 Å². The molecule has 0 aliphatic heterocycles. The van der Waals surface area contributed by atoms with Gasteiger partial charge in [-0.1, -0.05) is 12.8 Å². The Bertz CT molecular complexity index is 1210. The maximum atomic E-state index is 14.9. The minimum Gasteiger partial charge on any atom is -0.365 e. The van der Waals surface area contributed by atoms with Crippen LogP contribution in [0.15, 0.2) is 24.3 Å². The van der Waals surface area contributed by atoms with E-state index in [9.17, 15) is 9.18 Å². The number of carbonyl (C=O) groups is 1. The van der Waals surface area contributed by atoms with E-state index >= 15 is 0 Å². The molecule has 2 heterocycles. The summed E-state index contributed by atoms with van der Waals surface area (Å²) in [4.78, 5) is 16.5. The van der Waals surface area contributed by atoms with Crippen LogP contribution in [0.25, 0.3) is 10.9 Å². The highest BCUT2D eigenvalue weighted by Gasteiger charge is 2.30. The fraction of sp³-hybridized carbons (Fsp3) is 0.458. The lowest BCUT2D eigenvalue weighted by atomic mass is 10.0. The van der Waals surface area contributed by atoms with Crippen molar-refractivity contribution in [3.8, 4) is 0 Å². The van der Waals surface area contributed by atoms with Crippen LogP contribution >= 0.6 is 0 Å². The van der Waals surface area contributed by atoms with Gasteiger partial charge in [0.05, 0.1) is 16.8 Å². The molecule has 0 bridgehead atoms. The average Bonchev–Trinajstić information content (AvgIpc) is 3.69. The van der Waals surface area contributed by atoms with E-state index in [2.05, 4.69) is 20.7 Å². The van der Waals surface area contributed by atoms with Crippen LogP contribution in [0.3, 0.4) is 0 Å². The molecule has 0 radical (unpaired) electrons. The topological polar surface area (TPSA) is 124 Å². The zero-order chi connectivity index (χ0) is 23.3. The highest BCUT2D eigenvalue weighted by atomic mass is 19.1. The van der Waals surface area contributed by atoms with Crippen LogP contribution in [-0.4, -0.2) is 32.8 Å². The summed E-state index contributed by atoms with van der Waals surface area (Å²) in [6, 6.07) is 6.71. The number of hydrogen-bond donors (Lipinski definition) is 4. The third-order valence-corrected chi connectivity index (χ3v) is 6.59. The van der Waals surface area contributed by atoms with Gasteiger partial charge in [0.25, 0.3) is 5.91 Å². The van der Waals surface area contributed by atoms with Crippen LogP contribution in [0, 0.1) is 11.7 Å². The van der Waals surface area contributed by atoms with Crippen molar-refractivity contribution in [1.82, 2.24) is 14.8 Å². The Balaban J connectivity index is 1.48. The predicted octanol–water partition coefficient (Wildman–Crippen LogP) is 3.76. The molecule has 0 unspecified atom stereocenters. The van der Waals surface area contributed by atoms with Crippen molar-refractivity contribution in [2.75, 3.05) is 10.6 Å². The van der Waals surface area contributed by atoms with Crippen molar-refractivity contribution in [3.05, 3.63) is 41.3 Å². The highest BCUT2D eigenvalue weighted by molar-refractivity contribution is 5.99. The number of pyridine rings is 1. The van der Waals surface area contributed by atoms with Crippen LogP contribution in [-0.2, 0) is 7.05 Å². The van der Waals surface area contributed by atoms with Gasteiger partial charge in [0, 0.05) is 36.1 Å². The van der Waals surface area contributed by atoms with Crippen LogP contribution in [0.1, 0.15) is 61.0 Å². The molecule has 2 saturated carbocycles. The predicted molar refractivity (Wildman–Crippen MR) is 127 cm³/mol. The first-order valence-electron chi connectivity index (χ1n) is 11.6. The third-order valence-electron chi connectivity index (χ3n) is 6.59. The highest BCUT2D eigenvalue weighted by Crippen LogP contribution is 2.43. The molecule has 2 aliphatic carbocycles. The molecular formula is C24H30FN7O.